The van der Waals surface area contributed by atoms with Crippen LogP contribution in [0, 0.1) is 10.1 Å². The number of hydrogen-bond acceptors (Lipinski definition) is 5. The molecule has 2 aromatic rings. The van der Waals surface area contributed by atoms with E-state index in [9.17, 15) is 15.2 Å². The van der Waals surface area contributed by atoms with Crippen LogP contribution < -0.4 is 5.73 Å². The van der Waals surface area contributed by atoms with Gasteiger partial charge in [-0.25, -0.2) is 4.98 Å². The highest BCUT2D eigenvalue weighted by Crippen LogP contribution is 2.22. The lowest BCUT2D eigenvalue weighted by Crippen LogP contribution is -2.06. The first-order valence-corrected chi connectivity index (χ1v) is 5.70. The van der Waals surface area contributed by atoms with Crippen molar-refractivity contribution in [1.82, 2.24) is 4.98 Å². The van der Waals surface area contributed by atoms with E-state index in [2.05, 4.69) is 4.98 Å². The Labute approximate surface area is 109 Å². The average molecular weight is 259 g/mol. The maximum Gasteiger partial charge on any atom is 0.311 e. The summed E-state index contributed by atoms with van der Waals surface area (Å²) >= 11 is 0. The molecular weight excluding hydrogens is 246 g/mol. The van der Waals surface area contributed by atoms with Crippen molar-refractivity contribution in [2.45, 2.75) is 12.5 Å². The van der Waals surface area contributed by atoms with Crippen molar-refractivity contribution in [2.24, 2.45) is 0 Å². The number of nitrogens with two attached hydrogens (primary N) is 1. The first kappa shape index (κ1) is 13.0. The van der Waals surface area contributed by atoms with Crippen molar-refractivity contribution in [3.63, 3.8) is 0 Å². The van der Waals surface area contributed by atoms with E-state index in [1.165, 1.54) is 12.1 Å². The number of aliphatic hydroxyl groups excluding tert-OH is 1. The molecule has 1 heterocycles. The zero-order chi connectivity index (χ0) is 13.8. The molecule has 19 heavy (non-hydrogen) atoms. The molecule has 1 aromatic carbocycles. The summed E-state index contributed by atoms with van der Waals surface area (Å²) in [7, 11) is 0. The lowest BCUT2D eigenvalue weighted by atomic mass is 10.0. The number of nitro groups is 1. The third-order valence-corrected chi connectivity index (χ3v) is 2.74. The minimum atomic E-state index is -0.713. The predicted octanol–water partition coefficient (Wildman–Crippen LogP) is 1.85. The first-order valence-electron chi connectivity index (χ1n) is 5.70. The molecule has 1 unspecified atom stereocenters. The van der Waals surface area contributed by atoms with Crippen LogP contribution in [0.2, 0.25) is 0 Å². The molecular formula is C13H13N3O3. The zero-order valence-electron chi connectivity index (χ0n) is 10.1. The van der Waals surface area contributed by atoms with Gasteiger partial charge in [0.15, 0.2) is 0 Å². The van der Waals surface area contributed by atoms with Gasteiger partial charge in [0, 0.05) is 18.2 Å². The van der Waals surface area contributed by atoms with Crippen LogP contribution in [0.25, 0.3) is 0 Å². The molecule has 3 N–H and O–H groups in total. The summed E-state index contributed by atoms with van der Waals surface area (Å²) in [6.07, 6.45) is -0.457. The van der Waals surface area contributed by atoms with Crippen LogP contribution in [0.5, 0.6) is 0 Å². The number of rotatable bonds is 4. The van der Waals surface area contributed by atoms with Crippen molar-refractivity contribution in [1.29, 1.82) is 0 Å². The molecule has 0 aliphatic heterocycles. The molecule has 98 valence electrons. The molecule has 0 saturated heterocycles. The van der Waals surface area contributed by atoms with Gasteiger partial charge in [-0.05, 0) is 11.6 Å². The van der Waals surface area contributed by atoms with E-state index in [0.717, 1.165) is 5.56 Å². The molecule has 1 aromatic heterocycles. The third-order valence-electron chi connectivity index (χ3n) is 2.74. The number of hydrogen-bond donors (Lipinski definition) is 2. The number of pyridine rings is 1. The Morgan fingerprint density at radius 1 is 1.26 bits per heavy atom. The van der Waals surface area contributed by atoms with Gasteiger partial charge in [-0.2, -0.15) is 0 Å². The number of aromatic nitrogens is 1. The van der Waals surface area contributed by atoms with Crippen molar-refractivity contribution in [3.8, 4) is 0 Å². The average Bonchev–Trinajstić information content (AvgIpc) is 2.39. The number of nitrogen functional groups attached to an aromatic ring is 1. The smallest absolute Gasteiger partial charge is 0.311 e. The monoisotopic (exact) mass is 259 g/mol. The largest absolute Gasteiger partial charge is 0.388 e. The van der Waals surface area contributed by atoms with Crippen LogP contribution in [0.15, 0.2) is 42.5 Å². The van der Waals surface area contributed by atoms with Crippen LogP contribution >= 0.6 is 0 Å². The SMILES string of the molecule is Nc1nc(CC(O)c2ccccc2)ccc1[N+](=O)[O-]. The molecule has 0 aliphatic rings. The van der Waals surface area contributed by atoms with Gasteiger partial charge in [0.25, 0.3) is 0 Å². The van der Waals surface area contributed by atoms with Crippen molar-refractivity contribution < 1.29 is 10.0 Å². The lowest BCUT2D eigenvalue weighted by molar-refractivity contribution is -0.384. The second kappa shape index (κ2) is 5.45. The second-order valence-corrected chi connectivity index (χ2v) is 4.09. The number of anilines is 1. The Bertz CT molecular complexity index is 587. The summed E-state index contributed by atoms with van der Waals surface area (Å²) < 4.78 is 0. The number of benzene rings is 1. The number of nitrogens with zero attached hydrogens (tertiary/aromatic N) is 2. The minimum absolute atomic E-state index is 0.136. The van der Waals surface area contributed by atoms with E-state index in [0.29, 0.717) is 5.69 Å². The van der Waals surface area contributed by atoms with Crippen molar-refractivity contribution in [2.75, 3.05) is 5.73 Å². The Morgan fingerprint density at radius 2 is 1.95 bits per heavy atom. The van der Waals surface area contributed by atoms with Gasteiger partial charge in [0.05, 0.1) is 11.0 Å². The molecule has 0 bridgehead atoms. The van der Waals surface area contributed by atoms with Crippen LogP contribution in [-0.2, 0) is 6.42 Å². The number of aliphatic hydroxyl groups is 1. The van der Waals surface area contributed by atoms with Gasteiger partial charge >= 0.3 is 5.69 Å². The van der Waals surface area contributed by atoms with E-state index in [4.69, 9.17) is 5.73 Å². The second-order valence-electron chi connectivity index (χ2n) is 4.09. The normalized spacial score (nSPS) is 12.1. The standard InChI is InChI=1S/C13H13N3O3/c14-13-11(16(18)19)7-6-10(15-13)8-12(17)9-4-2-1-3-5-9/h1-7,12,17H,8H2,(H2,14,15). The fourth-order valence-electron chi connectivity index (χ4n) is 1.77. The van der Waals surface area contributed by atoms with E-state index in [1.807, 2.05) is 18.2 Å². The summed E-state index contributed by atoms with van der Waals surface area (Å²) in [5.74, 6) is -0.136. The Hall–Kier alpha value is -2.47. The molecule has 2 rings (SSSR count). The topological polar surface area (TPSA) is 102 Å². The van der Waals surface area contributed by atoms with Gasteiger partial charge in [-0.3, -0.25) is 10.1 Å². The maximum atomic E-state index is 10.6. The Kier molecular flexibility index (Phi) is 3.72. The molecule has 0 aliphatic carbocycles. The highest BCUT2D eigenvalue weighted by molar-refractivity contribution is 5.52. The lowest BCUT2D eigenvalue weighted by Gasteiger charge is -2.10. The summed E-state index contributed by atoms with van der Waals surface area (Å²) in [6, 6.07) is 11.9. The third kappa shape index (κ3) is 3.05. The van der Waals surface area contributed by atoms with Crippen LogP contribution in [-0.4, -0.2) is 15.0 Å². The Balaban J connectivity index is 2.16. The van der Waals surface area contributed by atoms with Crippen molar-refractivity contribution >= 4 is 11.5 Å². The molecule has 0 amide bonds. The van der Waals surface area contributed by atoms with Crippen molar-refractivity contribution in [3.05, 3.63) is 63.8 Å². The highest BCUT2D eigenvalue weighted by Gasteiger charge is 2.15. The summed E-state index contributed by atoms with van der Waals surface area (Å²) in [5.41, 5.74) is 6.56. The molecule has 6 heteroatoms. The molecule has 0 spiro atoms. The summed E-state index contributed by atoms with van der Waals surface area (Å²) in [6.45, 7) is 0. The fraction of sp³-hybridized carbons (Fsp3) is 0.154. The first-order chi connectivity index (χ1) is 9.08. The van der Waals surface area contributed by atoms with Crippen LogP contribution in [0.3, 0.4) is 0 Å². The fourth-order valence-corrected chi connectivity index (χ4v) is 1.77. The highest BCUT2D eigenvalue weighted by atomic mass is 16.6. The maximum absolute atomic E-state index is 10.6. The van der Waals surface area contributed by atoms with E-state index in [1.54, 1.807) is 12.1 Å². The van der Waals surface area contributed by atoms with Crippen LogP contribution in [0.1, 0.15) is 17.4 Å². The van der Waals surface area contributed by atoms with Gasteiger partial charge < -0.3 is 10.8 Å². The molecule has 0 saturated carbocycles. The van der Waals surface area contributed by atoms with Gasteiger partial charge in [-0.15, -0.1) is 0 Å². The van der Waals surface area contributed by atoms with Gasteiger partial charge in [0.2, 0.25) is 5.82 Å². The molecule has 6 nitrogen and oxygen atoms in total. The zero-order valence-corrected chi connectivity index (χ0v) is 10.1. The van der Waals surface area contributed by atoms with Crippen LogP contribution in [0.4, 0.5) is 11.5 Å². The van der Waals surface area contributed by atoms with Gasteiger partial charge in [-0.1, -0.05) is 30.3 Å². The molecule has 1 atom stereocenters. The molecule has 0 fully saturated rings. The summed E-state index contributed by atoms with van der Waals surface area (Å²) in [4.78, 5) is 14.0. The molecule has 0 radical (unpaired) electrons. The van der Waals surface area contributed by atoms with Gasteiger partial charge in [0.1, 0.15) is 0 Å². The quantitative estimate of drug-likeness (QED) is 0.644. The minimum Gasteiger partial charge on any atom is -0.388 e. The van der Waals surface area contributed by atoms with E-state index in [-0.39, 0.29) is 17.9 Å². The Morgan fingerprint density at radius 3 is 2.53 bits per heavy atom. The van der Waals surface area contributed by atoms with E-state index >= 15 is 0 Å². The van der Waals surface area contributed by atoms with E-state index < -0.39 is 11.0 Å². The predicted molar refractivity (Wildman–Crippen MR) is 70.4 cm³/mol. The summed E-state index contributed by atoms with van der Waals surface area (Å²) in [5, 5.41) is 20.6.